The fourth-order valence-electron chi connectivity index (χ4n) is 0.821. The molecule has 1 atom stereocenters. The lowest BCUT2D eigenvalue weighted by Crippen LogP contribution is -2.35. The summed E-state index contributed by atoms with van der Waals surface area (Å²) in [5.74, 6) is -0.0934. The van der Waals surface area contributed by atoms with Gasteiger partial charge in [-0.3, -0.25) is 4.79 Å². The van der Waals surface area contributed by atoms with E-state index in [0.29, 0.717) is 19.4 Å². The first kappa shape index (κ1) is 11.1. The Bertz CT molecular complexity index is 148. The van der Waals surface area contributed by atoms with Crippen LogP contribution in [0.5, 0.6) is 0 Å². The first-order valence-corrected chi connectivity index (χ1v) is 4.19. The van der Waals surface area contributed by atoms with Crippen molar-refractivity contribution in [2.24, 2.45) is 5.73 Å². The minimum Gasteiger partial charge on any atom is -0.347 e. The second-order valence-corrected chi connectivity index (χ2v) is 2.59. The molecule has 0 saturated heterocycles. The molecule has 0 saturated carbocycles. The van der Waals surface area contributed by atoms with Crippen LogP contribution in [0.4, 0.5) is 0 Å². The monoisotopic (exact) mass is 172 g/mol. The molecule has 0 fully saturated rings. The average Bonchev–Trinajstić information content (AvgIpc) is 2.11. The van der Waals surface area contributed by atoms with E-state index >= 15 is 0 Å². The maximum Gasteiger partial charge on any atom is 0.220 e. The molecule has 1 amide bonds. The minimum absolute atomic E-state index is 0.0934. The van der Waals surface area contributed by atoms with Crippen LogP contribution in [-0.2, 0) is 9.59 Å². The van der Waals surface area contributed by atoms with Crippen molar-refractivity contribution < 1.29 is 9.59 Å². The molecule has 3 N–H and O–H groups in total. The molecule has 0 aliphatic rings. The number of nitrogens with two attached hydrogens (primary N) is 1. The zero-order valence-corrected chi connectivity index (χ0v) is 7.38. The van der Waals surface area contributed by atoms with Crippen molar-refractivity contribution in [3.05, 3.63) is 0 Å². The third-order valence-electron chi connectivity index (χ3n) is 1.55. The zero-order valence-electron chi connectivity index (χ0n) is 7.38. The number of carbonyl (C=O) groups excluding carboxylic acids is 2. The van der Waals surface area contributed by atoms with Crippen LogP contribution in [0, 0.1) is 0 Å². The van der Waals surface area contributed by atoms with Gasteiger partial charge in [-0.2, -0.15) is 0 Å². The third kappa shape index (κ3) is 4.85. The molecule has 12 heavy (non-hydrogen) atoms. The van der Waals surface area contributed by atoms with Gasteiger partial charge in [-0.25, -0.2) is 0 Å². The zero-order chi connectivity index (χ0) is 9.40. The smallest absolute Gasteiger partial charge is 0.220 e. The molecule has 0 aromatic heterocycles. The first-order valence-electron chi connectivity index (χ1n) is 4.19. The summed E-state index contributed by atoms with van der Waals surface area (Å²) in [6.45, 7) is 2.30. The van der Waals surface area contributed by atoms with Crippen LogP contribution in [-0.4, -0.2) is 24.8 Å². The predicted octanol–water partition coefficient (Wildman–Crippen LogP) is -0.181. The molecule has 0 aliphatic carbocycles. The molecule has 4 nitrogen and oxygen atoms in total. The minimum atomic E-state index is -0.360. The van der Waals surface area contributed by atoms with Crippen LogP contribution in [0.15, 0.2) is 0 Å². The van der Waals surface area contributed by atoms with E-state index < -0.39 is 0 Å². The van der Waals surface area contributed by atoms with Gasteiger partial charge in [0.05, 0.1) is 6.04 Å². The molecular weight excluding hydrogens is 156 g/mol. The highest BCUT2D eigenvalue weighted by atomic mass is 16.2. The summed E-state index contributed by atoms with van der Waals surface area (Å²) in [5.41, 5.74) is 5.27. The lowest BCUT2D eigenvalue weighted by molar-refractivity contribution is -0.123. The number of hydrogen-bond acceptors (Lipinski definition) is 3. The second-order valence-electron chi connectivity index (χ2n) is 2.59. The molecule has 0 aromatic rings. The van der Waals surface area contributed by atoms with Crippen molar-refractivity contribution in [1.29, 1.82) is 0 Å². The molecule has 4 heteroatoms. The molecule has 0 aliphatic heterocycles. The summed E-state index contributed by atoms with van der Waals surface area (Å²) >= 11 is 0. The number of carbonyl (C=O) groups is 2. The van der Waals surface area contributed by atoms with Crippen LogP contribution < -0.4 is 11.1 Å². The van der Waals surface area contributed by atoms with Gasteiger partial charge in [0, 0.05) is 6.42 Å². The highest BCUT2D eigenvalue weighted by Gasteiger charge is 2.08. The number of nitrogens with one attached hydrogen (secondary N) is 1. The van der Waals surface area contributed by atoms with Gasteiger partial charge in [0.15, 0.2) is 0 Å². The number of rotatable bonds is 6. The Kier molecular flexibility index (Phi) is 6.28. The van der Waals surface area contributed by atoms with Gasteiger partial charge < -0.3 is 15.8 Å². The third-order valence-corrected chi connectivity index (χ3v) is 1.55. The van der Waals surface area contributed by atoms with Crippen LogP contribution in [0.1, 0.15) is 26.2 Å². The molecule has 0 aromatic carbocycles. The second kappa shape index (κ2) is 6.79. The highest BCUT2D eigenvalue weighted by Crippen LogP contribution is 1.93. The molecule has 0 rings (SSSR count). The molecule has 0 radical (unpaired) electrons. The maximum atomic E-state index is 10.8. The quantitative estimate of drug-likeness (QED) is 0.546. The van der Waals surface area contributed by atoms with Gasteiger partial charge in [-0.1, -0.05) is 6.92 Å². The highest BCUT2D eigenvalue weighted by molar-refractivity contribution is 5.79. The molecule has 1 unspecified atom stereocenters. The van der Waals surface area contributed by atoms with E-state index in [2.05, 4.69) is 5.32 Å². The Morgan fingerprint density at radius 3 is 2.75 bits per heavy atom. The maximum absolute atomic E-state index is 10.8. The molecule has 0 bridgehead atoms. The van der Waals surface area contributed by atoms with Crippen molar-refractivity contribution in [3.8, 4) is 0 Å². The summed E-state index contributed by atoms with van der Waals surface area (Å²) in [6.07, 6.45) is 2.55. The van der Waals surface area contributed by atoms with Gasteiger partial charge in [-0.05, 0) is 19.4 Å². The standard InChI is InChI=1S/C8H16N2O2/c1-2-8(12)10-7(6-11)4-3-5-9/h6-7H,2-5,9H2,1H3,(H,10,12). The number of amides is 1. The summed E-state index contributed by atoms with van der Waals surface area (Å²) in [5, 5.41) is 2.59. The van der Waals surface area contributed by atoms with Crippen LogP contribution in [0.3, 0.4) is 0 Å². The van der Waals surface area contributed by atoms with Gasteiger partial charge >= 0.3 is 0 Å². The van der Waals surface area contributed by atoms with Crippen molar-refractivity contribution >= 4 is 12.2 Å². The largest absolute Gasteiger partial charge is 0.347 e. The molecule has 0 spiro atoms. The van der Waals surface area contributed by atoms with Gasteiger partial charge in [0.25, 0.3) is 0 Å². The van der Waals surface area contributed by atoms with Gasteiger partial charge in [-0.15, -0.1) is 0 Å². The average molecular weight is 172 g/mol. The van der Waals surface area contributed by atoms with E-state index in [0.717, 1.165) is 12.7 Å². The lowest BCUT2D eigenvalue weighted by atomic mass is 10.2. The summed E-state index contributed by atoms with van der Waals surface area (Å²) in [4.78, 5) is 21.2. The van der Waals surface area contributed by atoms with E-state index in [-0.39, 0.29) is 11.9 Å². The summed E-state index contributed by atoms with van der Waals surface area (Å²) < 4.78 is 0. The van der Waals surface area contributed by atoms with E-state index in [9.17, 15) is 9.59 Å². The lowest BCUT2D eigenvalue weighted by Gasteiger charge is -2.10. The van der Waals surface area contributed by atoms with Crippen LogP contribution >= 0.6 is 0 Å². The topological polar surface area (TPSA) is 72.2 Å². The van der Waals surface area contributed by atoms with E-state index in [1.165, 1.54) is 0 Å². The molecule has 70 valence electrons. The van der Waals surface area contributed by atoms with Crippen molar-refractivity contribution in [1.82, 2.24) is 5.32 Å². The normalized spacial score (nSPS) is 12.2. The van der Waals surface area contributed by atoms with E-state index in [1.54, 1.807) is 6.92 Å². The van der Waals surface area contributed by atoms with Crippen LogP contribution in [0.2, 0.25) is 0 Å². The number of hydrogen-bond donors (Lipinski definition) is 2. The SMILES string of the molecule is CCC(=O)NC(C=O)CCCN. The predicted molar refractivity (Wildman–Crippen MR) is 46.6 cm³/mol. The Morgan fingerprint density at radius 2 is 2.33 bits per heavy atom. The first-order chi connectivity index (χ1) is 5.74. The fourth-order valence-corrected chi connectivity index (χ4v) is 0.821. The Balaban J connectivity index is 3.66. The summed E-state index contributed by atoms with van der Waals surface area (Å²) in [7, 11) is 0. The Morgan fingerprint density at radius 1 is 1.67 bits per heavy atom. The van der Waals surface area contributed by atoms with E-state index in [1.807, 2.05) is 0 Å². The van der Waals surface area contributed by atoms with Gasteiger partial charge in [0.1, 0.15) is 6.29 Å². The Hall–Kier alpha value is -0.900. The van der Waals surface area contributed by atoms with Crippen molar-refractivity contribution in [2.45, 2.75) is 32.2 Å². The van der Waals surface area contributed by atoms with Crippen molar-refractivity contribution in [2.75, 3.05) is 6.54 Å². The fraction of sp³-hybridized carbons (Fsp3) is 0.750. The Labute approximate surface area is 72.5 Å². The molecular formula is C8H16N2O2. The van der Waals surface area contributed by atoms with Gasteiger partial charge in [0.2, 0.25) is 5.91 Å². The van der Waals surface area contributed by atoms with Crippen LogP contribution in [0.25, 0.3) is 0 Å². The summed E-state index contributed by atoms with van der Waals surface area (Å²) in [6, 6.07) is -0.360. The van der Waals surface area contributed by atoms with E-state index in [4.69, 9.17) is 5.73 Å². The molecule has 0 heterocycles. The number of aldehydes is 1. The van der Waals surface area contributed by atoms with Crippen molar-refractivity contribution in [3.63, 3.8) is 0 Å².